The Morgan fingerprint density at radius 2 is 1.21 bits per heavy atom. The van der Waals surface area contributed by atoms with Crippen LogP contribution in [0.1, 0.15) is 57.3 Å². The van der Waals surface area contributed by atoms with Crippen LogP contribution in [0.4, 0.5) is 0 Å². The van der Waals surface area contributed by atoms with Gasteiger partial charge in [0.15, 0.2) is 0 Å². The Balaban J connectivity index is 0.000000311. The Kier molecular flexibility index (Phi) is 9.03. The van der Waals surface area contributed by atoms with Crippen LogP contribution in [-0.2, 0) is 4.79 Å². The van der Waals surface area contributed by atoms with Crippen LogP contribution in [0.15, 0.2) is 60.7 Å². The molecule has 0 bridgehead atoms. The number of rotatable bonds is 7. The quantitative estimate of drug-likeness (QED) is 0.323. The van der Waals surface area contributed by atoms with Crippen molar-refractivity contribution in [1.29, 1.82) is 0 Å². The van der Waals surface area contributed by atoms with Gasteiger partial charge in [0.05, 0.1) is 11.2 Å². The smallest absolute Gasteiger partial charge is 0.385 e. The minimum Gasteiger partial charge on any atom is -0.421 e. The molecule has 0 radical (unpaired) electrons. The summed E-state index contributed by atoms with van der Waals surface area (Å²) in [5.74, 6) is -1.15. The Bertz CT molecular complexity index is 711. The predicted octanol–water partition coefficient (Wildman–Crippen LogP) is 4.17. The van der Waals surface area contributed by atoms with Gasteiger partial charge in [-0.05, 0) is 59.1 Å². The molecule has 0 atom stereocenters. The monoisotopic (exact) mass is 386 g/mol. The summed E-state index contributed by atoms with van der Waals surface area (Å²) in [6.07, 6.45) is 2.36. The number of esters is 1. The van der Waals surface area contributed by atoms with E-state index in [2.05, 4.69) is 0 Å². The van der Waals surface area contributed by atoms with Gasteiger partial charge in [0, 0.05) is 5.56 Å². The molecule has 0 unspecified atom stereocenters. The third-order valence-corrected chi connectivity index (χ3v) is 3.75. The first-order valence-corrected chi connectivity index (χ1v) is 9.29. The molecule has 28 heavy (non-hydrogen) atoms. The van der Waals surface area contributed by atoms with E-state index >= 15 is 0 Å². The van der Waals surface area contributed by atoms with Gasteiger partial charge in [-0.15, -0.1) is 0 Å². The molecule has 0 aliphatic carbocycles. The minimum atomic E-state index is -0.873. The number of benzene rings is 2. The van der Waals surface area contributed by atoms with E-state index in [1.807, 2.05) is 0 Å². The van der Waals surface area contributed by atoms with Crippen LogP contribution in [0, 0.1) is 0 Å². The highest BCUT2D eigenvalue weighted by Crippen LogP contribution is 2.17. The van der Waals surface area contributed by atoms with E-state index in [-0.39, 0.29) is 0 Å². The molecule has 0 fully saturated rings. The molecular formula is C23H30O5. The first-order chi connectivity index (χ1) is 13.0. The molecular weight excluding hydrogens is 356 g/mol. The molecule has 0 saturated carbocycles. The second-order valence-corrected chi connectivity index (χ2v) is 7.88. The van der Waals surface area contributed by atoms with Crippen molar-refractivity contribution in [1.82, 2.24) is 0 Å². The van der Waals surface area contributed by atoms with Crippen LogP contribution in [0.25, 0.3) is 0 Å². The van der Waals surface area contributed by atoms with E-state index in [0.29, 0.717) is 11.3 Å². The van der Waals surface area contributed by atoms with E-state index in [0.717, 1.165) is 19.3 Å². The number of aliphatic hydroxyl groups is 2. The highest BCUT2D eigenvalue weighted by Gasteiger charge is 2.18. The molecule has 0 aromatic heterocycles. The van der Waals surface area contributed by atoms with Crippen LogP contribution in [-0.4, -0.2) is 33.2 Å². The maximum Gasteiger partial charge on any atom is 0.385 e. The van der Waals surface area contributed by atoms with Crippen molar-refractivity contribution in [2.24, 2.45) is 0 Å². The fourth-order valence-corrected chi connectivity index (χ4v) is 2.30. The topological polar surface area (TPSA) is 83.8 Å². The summed E-state index contributed by atoms with van der Waals surface area (Å²) in [5.41, 5.74) is -0.857. The van der Waals surface area contributed by atoms with Crippen LogP contribution < -0.4 is 4.74 Å². The van der Waals surface area contributed by atoms with Gasteiger partial charge in [-0.1, -0.05) is 48.5 Å². The van der Waals surface area contributed by atoms with Gasteiger partial charge < -0.3 is 14.9 Å². The first-order valence-electron chi connectivity index (χ1n) is 9.29. The SMILES string of the molecule is CC(C)(O)CCCC(C)(C)O.O=C(Oc1ccccc1)C(=O)c1ccccc1. The van der Waals surface area contributed by atoms with Crippen LogP contribution >= 0.6 is 0 Å². The van der Waals surface area contributed by atoms with Gasteiger partial charge in [-0.3, -0.25) is 4.79 Å². The molecule has 5 heteroatoms. The fourth-order valence-electron chi connectivity index (χ4n) is 2.30. The third-order valence-electron chi connectivity index (χ3n) is 3.75. The van der Waals surface area contributed by atoms with Crippen molar-refractivity contribution in [3.8, 4) is 5.75 Å². The molecule has 2 rings (SSSR count). The molecule has 0 heterocycles. The van der Waals surface area contributed by atoms with E-state index in [1.165, 1.54) is 0 Å². The third kappa shape index (κ3) is 10.6. The Morgan fingerprint density at radius 1 is 0.786 bits per heavy atom. The lowest BCUT2D eigenvalue weighted by Gasteiger charge is -2.21. The highest BCUT2D eigenvalue weighted by molar-refractivity contribution is 6.41. The molecule has 2 aromatic rings. The van der Waals surface area contributed by atoms with Gasteiger partial charge in [-0.2, -0.15) is 0 Å². The summed E-state index contributed by atoms with van der Waals surface area (Å²) in [6, 6.07) is 16.8. The molecule has 0 aliphatic rings. The average molecular weight is 386 g/mol. The largest absolute Gasteiger partial charge is 0.421 e. The molecule has 0 aliphatic heterocycles. The zero-order valence-corrected chi connectivity index (χ0v) is 17.0. The van der Waals surface area contributed by atoms with E-state index < -0.39 is 23.0 Å². The molecule has 152 valence electrons. The number of hydrogen-bond acceptors (Lipinski definition) is 5. The van der Waals surface area contributed by atoms with Crippen molar-refractivity contribution < 1.29 is 24.5 Å². The lowest BCUT2D eigenvalue weighted by molar-refractivity contribution is -0.129. The normalized spacial score (nSPS) is 11.2. The Labute approximate surface area is 167 Å². The van der Waals surface area contributed by atoms with Crippen LogP contribution in [0.3, 0.4) is 0 Å². The number of hydrogen-bond donors (Lipinski definition) is 2. The van der Waals surface area contributed by atoms with Crippen LogP contribution in [0.5, 0.6) is 5.75 Å². The lowest BCUT2D eigenvalue weighted by atomic mass is 9.95. The second-order valence-electron chi connectivity index (χ2n) is 7.88. The summed E-state index contributed by atoms with van der Waals surface area (Å²) < 4.78 is 4.94. The summed E-state index contributed by atoms with van der Waals surface area (Å²) in [6.45, 7) is 7.16. The number of carbonyl (C=O) groups excluding carboxylic acids is 2. The van der Waals surface area contributed by atoms with Gasteiger partial charge in [0.2, 0.25) is 0 Å². The van der Waals surface area contributed by atoms with E-state index in [9.17, 15) is 19.8 Å². The maximum absolute atomic E-state index is 11.7. The Morgan fingerprint density at radius 3 is 1.64 bits per heavy atom. The number of carbonyl (C=O) groups is 2. The summed E-state index contributed by atoms with van der Waals surface area (Å²) in [7, 11) is 0. The summed E-state index contributed by atoms with van der Waals surface area (Å²) in [5, 5.41) is 18.7. The Hall–Kier alpha value is -2.50. The minimum absolute atomic E-state index is 0.327. The average Bonchev–Trinajstić information content (AvgIpc) is 2.61. The van der Waals surface area contributed by atoms with Crippen molar-refractivity contribution in [3.05, 3.63) is 66.2 Å². The highest BCUT2D eigenvalue weighted by atomic mass is 16.5. The second kappa shape index (κ2) is 10.7. The van der Waals surface area contributed by atoms with Gasteiger partial charge in [0.25, 0.3) is 5.78 Å². The van der Waals surface area contributed by atoms with Gasteiger partial charge in [0.1, 0.15) is 5.75 Å². The molecule has 2 aromatic carbocycles. The summed E-state index contributed by atoms with van der Waals surface area (Å²) in [4.78, 5) is 23.2. The van der Waals surface area contributed by atoms with Gasteiger partial charge >= 0.3 is 5.97 Å². The van der Waals surface area contributed by atoms with Crippen LogP contribution in [0.2, 0.25) is 0 Å². The molecule has 0 spiro atoms. The number of para-hydroxylation sites is 1. The summed E-state index contributed by atoms with van der Waals surface area (Å²) >= 11 is 0. The number of ketones is 1. The first kappa shape index (κ1) is 23.5. The molecule has 2 N–H and O–H groups in total. The molecule has 5 nitrogen and oxygen atoms in total. The predicted molar refractivity (Wildman–Crippen MR) is 109 cm³/mol. The van der Waals surface area contributed by atoms with Crippen molar-refractivity contribution >= 4 is 11.8 Å². The van der Waals surface area contributed by atoms with E-state index in [4.69, 9.17) is 4.74 Å². The lowest BCUT2D eigenvalue weighted by Crippen LogP contribution is -2.22. The zero-order valence-electron chi connectivity index (χ0n) is 17.0. The van der Waals surface area contributed by atoms with Crippen molar-refractivity contribution in [2.75, 3.05) is 0 Å². The standard InChI is InChI=1S/C14H10O3.C9H20O2/c15-13(11-7-3-1-4-8-11)14(16)17-12-9-5-2-6-10-12;1-8(2,10)6-5-7-9(3,4)11/h1-10H;10-11H,5-7H2,1-4H3. The fraction of sp³-hybridized carbons (Fsp3) is 0.391. The van der Waals surface area contributed by atoms with Crippen molar-refractivity contribution in [2.45, 2.75) is 58.2 Å². The maximum atomic E-state index is 11.7. The van der Waals surface area contributed by atoms with E-state index in [1.54, 1.807) is 88.4 Å². The molecule has 0 amide bonds. The number of ether oxygens (including phenoxy) is 1. The zero-order chi connectivity index (χ0) is 21.2. The molecule has 0 saturated heterocycles. The van der Waals surface area contributed by atoms with Gasteiger partial charge in [-0.25, -0.2) is 4.79 Å². The van der Waals surface area contributed by atoms with Crippen molar-refractivity contribution in [3.63, 3.8) is 0 Å². The number of Topliss-reactive ketones (excluding diaryl/α,β-unsaturated/α-hetero) is 1.